The molecule has 0 radical (unpaired) electrons. The van der Waals surface area contributed by atoms with Gasteiger partial charge >= 0.3 is 0 Å². The Labute approximate surface area is 147 Å². The zero-order valence-corrected chi connectivity index (χ0v) is 14.8. The van der Waals surface area contributed by atoms with Gasteiger partial charge in [-0.05, 0) is 36.6 Å². The summed E-state index contributed by atoms with van der Waals surface area (Å²) in [6.07, 6.45) is 1.16. The maximum Gasteiger partial charge on any atom is 0.296 e. The standard InChI is InChI=1S/C18H21NO5S/c1-23-17-7-3-2-6-16(17)14-9-11-15(12-10-14)25(21,22)24-13-5-4-8-18(19)20/h2-3,6-7,9-12H,4-5,8,13H2,1H3,(H2,19,20). The fraction of sp³-hybridized carbons (Fsp3) is 0.278. The molecule has 0 spiro atoms. The lowest BCUT2D eigenvalue weighted by Gasteiger charge is -2.09. The predicted molar refractivity (Wildman–Crippen MR) is 94.6 cm³/mol. The first kappa shape index (κ1) is 19.0. The quantitative estimate of drug-likeness (QED) is 0.546. The highest BCUT2D eigenvalue weighted by Gasteiger charge is 2.15. The second-order valence-corrected chi connectivity index (χ2v) is 7.04. The molecular formula is C18H21NO5S. The number of primary amides is 1. The molecule has 0 atom stereocenters. The molecule has 0 aromatic heterocycles. The number of carbonyl (C=O) groups is 1. The lowest BCUT2D eigenvalue weighted by molar-refractivity contribution is -0.118. The highest BCUT2D eigenvalue weighted by molar-refractivity contribution is 7.86. The zero-order valence-electron chi connectivity index (χ0n) is 14.0. The summed E-state index contributed by atoms with van der Waals surface area (Å²) >= 11 is 0. The molecule has 2 N–H and O–H groups in total. The molecule has 0 bridgehead atoms. The van der Waals surface area contributed by atoms with Crippen LogP contribution in [0.25, 0.3) is 11.1 Å². The number of carbonyl (C=O) groups excluding carboxylic acids is 1. The van der Waals surface area contributed by atoms with Gasteiger partial charge in [-0.1, -0.05) is 30.3 Å². The average molecular weight is 363 g/mol. The smallest absolute Gasteiger partial charge is 0.296 e. The van der Waals surface area contributed by atoms with Crippen LogP contribution < -0.4 is 10.5 Å². The summed E-state index contributed by atoms with van der Waals surface area (Å²) < 4.78 is 34.6. The number of hydrogen-bond acceptors (Lipinski definition) is 5. The van der Waals surface area contributed by atoms with Gasteiger partial charge in [0.2, 0.25) is 5.91 Å². The van der Waals surface area contributed by atoms with Gasteiger partial charge in [-0.2, -0.15) is 8.42 Å². The Morgan fingerprint density at radius 2 is 1.72 bits per heavy atom. The maximum absolute atomic E-state index is 12.2. The van der Waals surface area contributed by atoms with Gasteiger partial charge in [0.05, 0.1) is 18.6 Å². The van der Waals surface area contributed by atoms with E-state index in [9.17, 15) is 13.2 Å². The summed E-state index contributed by atoms with van der Waals surface area (Å²) in [6, 6.07) is 13.9. The number of ether oxygens (including phenoxy) is 1. The Hall–Kier alpha value is -2.38. The first-order valence-electron chi connectivity index (χ1n) is 7.85. The zero-order chi connectivity index (χ0) is 18.3. The third kappa shape index (κ3) is 5.30. The Morgan fingerprint density at radius 1 is 1.04 bits per heavy atom. The summed E-state index contributed by atoms with van der Waals surface area (Å²) in [6.45, 7) is 0.0177. The molecule has 2 rings (SSSR count). The molecule has 6 nitrogen and oxygen atoms in total. The fourth-order valence-corrected chi connectivity index (χ4v) is 3.27. The van der Waals surface area contributed by atoms with Crippen molar-refractivity contribution < 1.29 is 22.1 Å². The average Bonchev–Trinajstić information content (AvgIpc) is 2.61. The van der Waals surface area contributed by atoms with E-state index in [1.165, 1.54) is 12.1 Å². The van der Waals surface area contributed by atoms with Crippen molar-refractivity contribution in [1.82, 2.24) is 0 Å². The molecule has 2 aromatic rings. The van der Waals surface area contributed by atoms with Crippen molar-refractivity contribution in [3.8, 4) is 16.9 Å². The lowest BCUT2D eigenvalue weighted by Crippen LogP contribution is -2.11. The van der Waals surface area contributed by atoms with Crippen molar-refractivity contribution in [2.45, 2.75) is 24.2 Å². The van der Waals surface area contributed by atoms with Crippen LogP contribution in [0.1, 0.15) is 19.3 Å². The number of amides is 1. The number of rotatable bonds is 9. The van der Waals surface area contributed by atoms with Crippen molar-refractivity contribution in [2.24, 2.45) is 5.73 Å². The van der Waals surface area contributed by atoms with E-state index in [-0.39, 0.29) is 17.9 Å². The van der Waals surface area contributed by atoms with E-state index in [1.807, 2.05) is 24.3 Å². The molecule has 0 saturated carbocycles. The number of para-hydroxylation sites is 1. The second-order valence-electron chi connectivity index (χ2n) is 5.42. The van der Waals surface area contributed by atoms with Crippen molar-refractivity contribution in [2.75, 3.05) is 13.7 Å². The Kier molecular flexibility index (Phi) is 6.55. The van der Waals surface area contributed by atoms with E-state index in [4.69, 9.17) is 14.7 Å². The van der Waals surface area contributed by atoms with Gasteiger partial charge in [0.1, 0.15) is 5.75 Å². The molecule has 25 heavy (non-hydrogen) atoms. The van der Waals surface area contributed by atoms with E-state index >= 15 is 0 Å². The van der Waals surface area contributed by atoms with Crippen LogP contribution in [0.3, 0.4) is 0 Å². The molecule has 0 heterocycles. The van der Waals surface area contributed by atoms with Crippen LogP contribution in [0.4, 0.5) is 0 Å². The van der Waals surface area contributed by atoms with E-state index in [0.717, 1.165) is 11.1 Å². The highest BCUT2D eigenvalue weighted by Crippen LogP contribution is 2.30. The van der Waals surface area contributed by atoms with Gasteiger partial charge in [0.15, 0.2) is 0 Å². The van der Waals surface area contributed by atoms with Crippen LogP contribution in [0.15, 0.2) is 53.4 Å². The fourth-order valence-electron chi connectivity index (χ4n) is 2.32. The molecule has 1 amide bonds. The van der Waals surface area contributed by atoms with Gasteiger partial charge in [0.25, 0.3) is 10.1 Å². The summed E-state index contributed by atoms with van der Waals surface area (Å²) in [5.41, 5.74) is 6.75. The largest absolute Gasteiger partial charge is 0.496 e. The second kappa shape index (κ2) is 8.64. The van der Waals surface area contributed by atoms with Crippen LogP contribution in [-0.2, 0) is 19.1 Å². The summed E-state index contributed by atoms with van der Waals surface area (Å²) in [4.78, 5) is 10.7. The number of hydrogen-bond donors (Lipinski definition) is 1. The van der Waals surface area contributed by atoms with Crippen LogP contribution in [-0.4, -0.2) is 28.0 Å². The van der Waals surface area contributed by atoms with Gasteiger partial charge in [-0.15, -0.1) is 0 Å². The van der Waals surface area contributed by atoms with Crippen LogP contribution in [0.2, 0.25) is 0 Å². The minimum Gasteiger partial charge on any atom is -0.496 e. The number of methoxy groups -OCH3 is 1. The Morgan fingerprint density at radius 3 is 2.36 bits per heavy atom. The van der Waals surface area contributed by atoms with Crippen molar-refractivity contribution in [1.29, 1.82) is 0 Å². The molecule has 0 saturated heterocycles. The van der Waals surface area contributed by atoms with Gasteiger partial charge in [-0.3, -0.25) is 8.98 Å². The normalized spacial score (nSPS) is 11.2. The van der Waals surface area contributed by atoms with Crippen LogP contribution in [0.5, 0.6) is 5.75 Å². The van der Waals surface area contributed by atoms with Crippen molar-refractivity contribution >= 4 is 16.0 Å². The maximum atomic E-state index is 12.2. The van der Waals surface area contributed by atoms with Crippen molar-refractivity contribution in [3.63, 3.8) is 0 Å². The first-order chi connectivity index (χ1) is 11.9. The third-order valence-corrected chi connectivity index (χ3v) is 4.94. The molecular weight excluding hydrogens is 342 g/mol. The molecule has 0 fully saturated rings. The van der Waals surface area contributed by atoms with E-state index in [2.05, 4.69) is 0 Å². The molecule has 0 aliphatic rings. The van der Waals surface area contributed by atoms with Gasteiger partial charge < -0.3 is 10.5 Å². The summed E-state index contributed by atoms with van der Waals surface area (Å²) in [7, 11) is -2.24. The van der Waals surface area contributed by atoms with E-state index in [0.29, 0.717) is 18.6 Å². The van der Waals surface area contributed by atoms with Crippen LogP contribution >= 0.6 is 0 Å². The summed E-state index contributed by atoms with van der Waals surface area (Å²) in [5, 5.41) is 0. The van der Waals surface area contributed by atoms with Gasteiger partial charge in [0, 0.05) is 12.0 Å². The first-order valence-corrected chi connectivity index (χ1v) is 9.26. The Balaban J connectivity index is 2.04. The van der Waals surface area contributed by atoms with Crippen LogP contribution in [0, 0.1) is 0 Å². The monoisotopic (exact) mass is 363 g/mol. The van der Waals surface area contributed by atoms with Crippen molar-refractivity contribution in [3.05, 3.63) is 48.5 Å². The summed E-state index contributed by atoms with van der Waals surface area (Å²) in [5.74, 6) is 0.304. The molecule has 7 heteroatoms. The predicted octanol–water partition coefficient (Wildman–Crippen LogP) is 2.72. The number of nitrogens with two attached hydrogens (primary N) is 1. The highest BCUT2D eigenvalue weighted by atomic mass is 32.2. The van der Waals surface area contributed by atoms with Gasteiger partial charge in [-0.25, -0.2) is 0 Å². The van der Waals surface area contributed by atoms with E-state index in [1.54, 1.807) is 19.2 Å². The molecule has 2 aromatic carbocycles. The third-order valence-electron chi connectivity index (χ3n) is 3.62. The number of unbranched alkanes of at least 4 members (excludes halogenated alkanes) is 1. The lowest BCUT2D eigenvalue weighted by atomic mass is 10.1. The topological polar surface area (TPSA) is 95.7 Å². The Bertz CT molecular complexity index is 816. The van der Waals surface area contributed by atoms with E-state index < -0.39 is 16.0 Å². The molecule has 0 aliphatic carbocycles. The molecule has 134 valence electrons. The molecule has 0 unspecified atom stereocenters. The minimum atomic E-state index is -3.82. The number of benzene rings is 2. The molecule has 0 aliphatic heterocycles. The minimum absolute atomic E-state index is 0.0177. The SMILES string of the molecule is COc1ccccc1-c1ccc(S(=O)(=O)OCCCCC(N)=O)cc1.